The molecule has 0 aliphatic rings. The van der Waals surface area contributed by atoms with E-state index in [2.05, 4.69) is 10.6 Å². The average molecular weight is 250 g/mol. The number of carbonyl (C=O) groups excluding carboxylic acids is 1. The molecule has 5 heteroatoms. The molecule has 0 heterocycles. The van der Waals surface area contributed by atoms with Crippen molar-refractivity contribution in [1.82, 2.24) is 5.32 Å². The van der Waals surface area contributed by atoms with Crippen LogP contribution < -0.4 is 10.6 Å². The normalized spacial score (nSPS) is 11.9. The molecule has 0 aliphatic carbocycles. The van der Waals surface area contributed by atoms with Crippen molar-refractivity contribution >= 4 is 17.6 Å². The minimum atomic E-state index is -1.05. The molecule has 0 aliphatic heterocycles. The summed E-state index contributed by atoms with van der Waals surface area (Å²) in [4.78, 5) is 22.9. The van der Waals surface area contributed by atoms with E-state index in [-0.39, 0.29) is 17.4 Å². The molecule has 1 aromatic carbocycles. The fourth-order valence-electron chi connectivity index (χ4n) is 1.60. The predicted octanol–water partition coefficient (Wildman–Crippen LogP) is 1.49. The summed E-state index contributed by atoms with van der Waals surface area (Å²) >= 11 is 0. The Hall–Kier alpha value is -1.88. The number of aryl methyl sites for hydroxylation is 1. The average Bonchev–Trinajstić information content (AvgIpc) is 2.31. The van der Waals surface area contributed by atoms with Gasteiger partial charge < -0.3 is 15.7 Å². The van der Waals surface area contributed by atoms with E-state index >= 15 is 0 Å². The van der Waals surface area contributed by atoms with Crippen LogP contribution in [0.4, 0.5) is 5.69 Å². The predicted molar refractivity (Wildman–Crippen MR) is 69.9 cm³/mol. The smallest absolute Gasteiger partial charge is 0.337 e. The number of carboxylic acid groups (broad SMARTS) is 1. The third-order valence-electron chi connectivity index (χ3n) is 2.62. The van der Waals surface area contributed by atoms with Crippen molar-refractivity contribution in [2.24, 2.45) is 5.92 Å². The highest BCUT2D eigenvalue weighted by Crippen LogP contribution is 2.18. The SMILES string of the molecule is CNCC(C)C(=O)Nc1ccc(C)cc1C(=O)O. The fraction of sp³-hybridized carbons (Fsp3) is 0.385. The first-order valence-corrected chi connectivity index (χ1v) is 5.75. The van der Waals surface area contributed by atoms with Gasteiger partial charge in [-0.15, -0.1) is 0 Å². The molecule has 1 aromatic rings. The summed E-state index contributed by atoms with van der Waals surface area (Å²) in [5.41, 5.74) is 1.29. The molecule has 98 valence electrons. The fourth-order valence-corrected chi connectivity index (χ4v) is 1.60. The molecule has 18 heavy (non-hydrogen) atoms. The van der Waals surface area contributed by atoms with Crippen LogP contribution in [-0.2, 0) is 4.79 Å². The van der Waals surface area contributed by atoms with Crippen LogP contribution in [0.25, 0.3) is 0 Å². The van der Waals surface area contributed by atoms with Crippen LogP contribution in [0.1, 0.15) is 22.8 Å². The van der Waals surface area contributed by atoms with Crippen LogP contribution in [-0.4, -0.2) is 30.6 Å². The van der Waals surface area contributed by atoms with Gasteiger partial charge in [-0.1, -0.05) is 18.6 Å². The van der Waals surface area contributed by atoms with Gasteiger partial charge in [0.2, 0.25) is 5.91 Å². The summed E-state index contributed by atoms with van der Waals surface area (Å²) in [6.07, 6.45) is 0. The molecular weight excluding hydrogens is 232 g/mol. The molecular formula is C13H18N2O3. The zero-order valence-electron chi connectivity index (χ0n) is 10.8. The Morgan fingerprint density at radius 1 is 1.39 bits per heavy atom. The van der Waals surface area contributed by atoms with Crippen molar-refractivity contribution in [3.63, 3.8) is 0 Å². The van der Waals surface area contributed by atoms with Gasteiger partial charge in [0.05, 0.1) is 11.3 Å². The number of aromatic carboxylic acids is 1. The Bertz CT molecular complexity index is 458. The van der Waals surface area contributed by atoms with E-state index in [0.29, 0.717) is 12.2 Å². The van der Waals surface area contributed by atoms with Crippen LogP contribution in [0.5, 0.6) is 0 Å². The van der Waals surface area contributed by atoms with Gasteiger partial charge in [-0.05, 0) is 26.1 Å². The zero-order chi connectivity index (χ0) is 13.7. The lowest BCUT2D eigenvalue weighted by Crippen LogP contribution is -2.29. The van der Waals surface area contributed by atoms with Gasteiger partial charge in [0, 0.05) is 12.5 Å². The van der Waals surface area contributed by atoms with Gasteiger partial charge >= 0.3 is 5.97 Å². The standard InChI is InChI=1S/C13H18N2O3/c1-8-4-5-11(10(6-8)13(17)18)15-12(16)9(2)7-14-3/h4-6,9,14H,7H2,1-3H3,(H,15,16)(H,17,18). The molecule has 1 amide bonds. The quantitative estimate of drug-likeness (QED) is 0.739. The number of carbonyl (C=O) groups is 2. The van der Waals surface area contributed by atoms with Gasteiger partial charge in [-0.2, -0.15) is 0 Å². The maximum absolute atomic E-state index is 11.8. The van der Waals surface area contributed by atoms with E-state index < -0.39 is 5.97 Å². The van der Waals surface area contributed by atoms with Crippen molar-refractivity contribution in [2.45, 2.75) is 13.8 Å². The van der Waals surface area contributed by atoms with Crippen LogP contribution in [0.15, 0.2) is 18.2 Å². The molecule has 1 unspecified atom stereocenters. The highest BCUT2D eigenvalue weighted by atomic mass is 16.4. The Morgan fingerprint density at radius 2 is 2.06 bits per heavy atom. The van der Waals surface area contributed by atoms with Gasteiger partial charge in [0.1, 0.15) is 0 Å². The second kappa shape index (κ2) is 6.16. The molecule has 5 nitrogen and oxygen atoms in total. The van der Waals surface area contributed by atoms with Crippen molar-refractivity contribution in [3.05, 3.63) is 29.3 Å². The minimum absolute atomic E-state index is 0.111. The van der Waals surface area contributed by atoms with Gasteiger partial charge in [-0.3, -0.25) is 4.79 Å². The van der Waals surface area contributed by atoms with E-state index in [1.54, 1.807) is 32.2 Å². The monoisotopic (exact) mass is 250 g/mol. The number of nitrogens with one attached hydrogen (secondary N) is 2. The first kappa shape index (κ1) is 14.2. The largest absolute Gasteiger partial charge is 0.478 e. The van der Waals surface area contributed by atoms with Gasteiger partial charge in [0.15, 0.2) is 0 Å². The maximum Gasteiger partial charge on any atom is 0.337 e. The zero-order valence-corrected chi connectivity index (χ0v) is 10.8. The number of hydrogen-bond acceptors (Lipinski definition) is 3. The summed E-state index contributed by atoms with van der Waals surface area (Å²) < 4.78 is 0. The Labute approximate surface area is 106 Å². The molecule has 0 saturated heterocycles. The highest BCUT2D eigenvalue weighted by Gasteiger charge is 2.16. The lowest BCUT2D eigenvalue weighted by atomic mass is 10.1. The van der Waals surface area contributed by atoms with Gasteiger partial charge in [0.25, 0.3) is 0 Å². The third kappa shape index (κ3) is 3.56. The number of hydrogen-bond donors (Lipinski definition) is 3. The molecule has 0 radical (unpaired) electrons. The number of amides is 1. The first-order chi connectivity index (χ1) is 8.45. The summed E-state index contributed by atoms with van der Waals surface area (Å²) in [6, 6.07) is 4.92. The molecule has 1 atom stereocenters. The van der Waals surface area contributed by atoms with Crippen molar-refractivity contribution in [2.75, 3.05) is 18.9 Å². The minimum Gasteiger partial charge on any atom is -0.478 e. The molecule has 0 aromatic heterocycles. The number of carboxylic acids is 1. The van der Waals surface area contributed by atoms with E-state index in [1.807, 2.05) is 6.92 Å². The number of benzene rings is 1. The molecule has 0 fully saturated rings. The second-order valence-electron chi connectivity index (χ2n) is 4.30. The van der Waals surface area contributed by atoms with Gasteiger partial charge in [-0.25, -0.2) is 4.79 Å². The molecule has 0 bridgehead atoms. The Balaban J connectivity index is 2.90. The van der Waals surface area contributed by atoms with Crippen LogP contribution in [0.3, 0.4) is 0 Å². The van der Waals surface area contributed by atoms with Crippen LogP contribution in [0, 0.1) is 12.8 Å². The van der Waals surface area contributed by atoms with Crippen molar-refractivity contribution in [1.29, 1.82) is 0 Å². The summed E-state index contributed by atoms with van der Waals surface area (Å²) in [6.45, 7) is 4.13. The summed E-state index contributed by atoms with van der Waals surface area (Å²) in [5.74, 6) is -1.47. The summed E-state index contributed by atoms with van der Waals surface area (Å²) in [5, 5.41) is 14.6. The Morgan fingerprint density at radius 3 is 2.61 bits per heavy atom. The topological polar surface area (TPSA) is 78.4 Å². The lowest BCUT2D eigenvalue weighted by molar-refractivity contribution is -0.119. The summed E-state index contributed by atoms with van der Waals surface area (Å²) in [7, 11) is 1.76. The van der Waals surface area contributed by atoms with E-state index in [0.717, 1.165) is 5.56 Å². The lowest BCUT2D eigenvalue weighted by Gasteiger charge is -2.13. The van der Waals surface area contributed by atoms with Crippen LogP contribution in [0.2, 0.25) is 0 Å². The number of rotatable bonds is 5. The molecule has 3 N–H and O–H groups in total. The molecule has 0 spiro atoms. The molecule has 0 saturated carbocycles. The van der Waals surface area contributed by atoms with E-state index in [4.69, 9.17) is 5.11 Å². The van der Waals surface area contributed by atoms with Crippen molar-refractivity contribution in [3.8, 4) is 0 Å². The number of anilines is 1. The van der Waals surface area contributed by atoms with E-state index in [1.165, 1.54) is 0 Å². The van der Waals surface area contributed by atoms with Crippen molar-refractivity contribution < 1.29 is 14.7 Å². The maximum atomic E-state index is 11.8. The van der Waals surface area contributed by atoms with E-state index in [9.17, 15) is 9.59 Å². The highest BCUT2D eigenvalue weighted by molar-refractivity contribution is 6.01. The Kier molecular flexibility index (Phi) is 4.85. The third-order valence-corrected chi connectivity index (χ3v) is 2.62. The first-order valence-electron chi connectivity index (χ1n) is 5.75. The molecule has 1 rings (SSSR count). The van der Waals surface area contributed by atoms with Crippen LogP contribution >= 0.6 is 0 Å². The second-order valence-corrected chi connectivity index (χ2v) is 4.30.